The van der Waals surface area contributed by atoms with Crippen molar-refractivity contribution in [2.24, 2.45) is 0 Å². The summed E-state index contributed by atoms with van der Waals surface area (Å²) in [6, 6.07) is 1.29. The van der Waals surface area contributed by atoms with Gasteiger partial charge in [0.05, 0.1) is 17.3 Å². The van der Waals surface area contributed by atoms with Gasteiger partial charge in [0, 0.05) is 32.1 Å². The van der Waals surface area contributed by atoms with E-state index >= 15 is 0 Å². The highest BCUT2D eigenvalue weighted by Crippen LogP contribution is 2.47. The molecule has 0 aliphatic carbocycles. The lowest BCUT2D eigenvalue weighted by Crippen LogP contribution is -2.52. The van der Waals surface area contributed by atoms with Crippen LogP contribution in [0.4, 0.5) is 13.2 Å². The van der Waals surface area contributed by atoms with E-state index in [0.717, 1.165) is 0 Å². The molecule has 2 aliphatic heterocycles. The van der Waals surface area contributed by atoms with E-state index in [1.54, 1.807) is 6.92 Å². The molecular formula is C21H20F3N3O5. The number of benzene rings is 1. The van der Waals surface area contributed by atoms with Gasteiger partial charge < -0.3 is 25.0 Å². The Morgan fingerprint density at radius 2 is 1.91 bits per heavy atom. The average Bonchev–Trinajstić information content (AvgIpc) is 3.03. The Morgan fingerprint density at radius 1 is 1.25 bits per heavy atom. The van der Waals surface area contributed by atoms with Crippen LogP contribution >= 0.6 is 0 Å². The number of halogens is 3. The molecule has 2 amide bonds. The molecule has 1 aromatic heterocycles. The predicted molar refractivity (Wildman–Crippen MR) is 105 cm³/mol. The van der Waals surface area contributed by atoms with Gasteiger partial charge in [-0.25, -0.2) is 13.2 Å². The first kappa shape index (κ1) is 21.9. The second-order valence-corrected chi connectivity index (χ2v) is 8.09. The highest BCUT2D eigenvalue weighted by molar-refractivity contribution is 6.00. The summed E-state index contributed by atoms with van der Waals surface area (Å²) in [5, 5.41) is 23.4. The minimum atomic E-state index is -1.49. The van der Waals surface area contributed by atoms with Crippen LogP contribution in [0, 0.1) is 17.5 Å². The van der Waals surface area contributed by atoms with Gasteiger partial charge in [0.1, 0.15) is 11.4 Å². The number of carbonyl (C=O) groups is 2. The summed E-state index contributed by atoms with van der Waals surface area (Å²) >= 11 is 0. The minimum absolute atomic E-state index is 0.0877. The molecule has 32 heavy (non-hydrogen) atoms. The number of carbonyl (C=O) groups excluding carboxylic acids is 2. The molecule has 1 aromatic carbocycles. The maximum Gasteiger partial charge on any atom is 0.274 e. The van der Waals surface area contributed by atoms with Gasteiger partial charge in [-0.3, -0.25) is 14.4 Å². The summed E-state index contributed by atoms with van der Waals surface area (Å²) < 4.78 is 42.6. The number of nitrogens with zero attached hydrogens (tertiary/aromatic N) is 2. The number of hydrogen-bond acceptors (Lipinski definition) is 5. The molecule has 0 bridgehead atoms. The van der Waals surface area contributed by atoms with Gasteiger partial charge in [-0.15, -0.1) is 0 Å². The molecule has 8 nitrogen and oxygen atoms in total. The number of rotatable bonds is 4. The van der Waals surface area contributed by atoms with Crippen molar-refractivity contribution < 1.29 is 33.0 Å². The van der Waals surface area contributed by atoms with Gasteiger partial charge in [0.15, 0.2) is 23.1 Å². The van der Waals surface area contributed by atoms with E-state index < -0.39 is 69.8 Å². The summed E-state index contributed by atoms with van der Waals surface area (Å²) in [7, 11) is 1.50. The lowest BCUT2D eigenvalue weighted by Gasteiger charge is -2.41. The first-order chi connectivity index (χ1) is 15.0. The smallest absolute Gasteiger partial charge is 0.274 e. The molecule has 11 heteroatoms. The van der Waals surface area contributed by atoms with Crippen LogP contribution in [0.1, 0.15) is 58.0 Å². The van der Waals surface area contributed by atoms with Crippen LogP contribution in [0.15, 0.2) is 16.9 Å². The fourth-order valence-corrected chi connectivity index (χ4v) is 4.68. The molecule has 0 saturated heterocycles. The highest BCUT2D eigenvalue weighted by Gasteiger charge is 2.51. The number of aliphatic hydroxyl groups excluding tert-OH is 1. The molecule has 0 fully saturated rings. The van der Waals surface area contributed by atoms with Crippen molar-refractivity contribution in [1.29, 1.82) is 0 Å². The van der Waals surface area contributed by atoms with Crippen molar-refractivity contribution in [2.45, 2.75) is 38.0 Å². The third kappa shape index (κ3) is 2.91. The van der Waals surface area contributed by atoms with E-state index in [1.165, 1.54) is 16.5 Å². The van der Waals surface area contributed by atoms with Crippen molar-refractivity contribution in [1.82, 2.24) is 14.8 Å². The Balaban J connectivity index is 1.83. The molecule has 0 radical (unpaired) electrons. The van der Waals surface area contributed by atoms with Gasteiger partial charge >= 0.3 is 0 Å². The lowest BCUT2D eigenvalue weighted by atomic mass is 9.89. The third-order valence-corrected chi connectivity index (χ3v) is 6.28. The van der Waals surface area contributed by atoms with Crippen molar-refractivity contribution in [2.75, 3.05) is 13.6 Å². The third-order valence-electron chi connectivity index (χ3n) is 6.28. The van der Waals surface area contributed by atoms with E-state index in [1.807, 2.05) is 0 Å². The summed E-state index contributed by atoms with van der Waals surface area (Å²) in [5.74, 6) is -6.63. The van der Waals surface area contributed by atoms with Gasteiger partial charge in [-0.05, 0) is 18.6 Å². The Labute approximate surface area is 179 Å². The average molecular weight is 451 g/mol. The second-order valence-electron chi connectivity index (χ2n) is 8.09. The lowest BCUT2D eigenvalue weighted by molar-refractivity contribution is 0.0568. The molecule has 2 aromatic rings. The Hall–Kier alpha value is -3.34. The van der Waals surface area contributed by atoms with Crippen LogP contribution in [-0.4, -0.2) is 45.1 Å². The van der Waals surface area contributed by atoms with Crippen LogP contribution in [0.5, 0.6) is 5.75 Å². The van der Waals surface area contributed by atoms with Crippen molar-refractivity contribution in [3.05, 3.63) is 62.3 Å². The number of aromatic hydroxyl groups is 1. The molecule has 2 unspecified atom stereocenters. The van der Waals surface area contributed by atoms with Crippen LogP contribution < -0.4 is 10.7 Å². The fourth-order valence-electron chi connectivity index (χ4n) is 4.68. The minimum Gasteiger partial charge on any atom is -0.503 e. The zero-order valence-corrected chi connectivity index (χ0v) is 17.2. The predicted octanol–water partition coefficient (Wildman–Crippen LogP) is 1.53. The molecule has 0 saturated carbocycles. The maximum absolute atomic E-state index is 13.9. The van der Waals surface area contributed by atoms with E-state index in [-0.39, 0.29) is 24.4 Å². The first-order valence-corrected chi connectivity index (χ1v) is 9.90. The molecular weight excluding hydrogens is 431 g/mol. The quantitative estimate of drug-likeness (QED) is 0.611. The van der Waals surface area contributed by atoms with Crippen LogP contribution in [-0.2, 0) is 12.1 Å². The highest BCUT2D eigenvalue weighted by atomic mass is 19.2. The maximum atomic E-state index is 13.9. The number of likely N-dealkylation sites (N-methyl/N-ethyl adjacent to an activating group) is 1. The van der Waals surface area contributed by atoms with Crippen LogP contribution in [0.3, 0.4) is 0 Å². The van der Waals surface area contributed by atoms with E-state index in [2.05, 4.69) is 5.32 Å². The van der Waals surface area contributed by atoms with E-state index in [9.17, 15) is 37.8 Å². The molecule has 2 atom stereocenters. The van der Waals surface area contributed by atoms with Crippen LogP contribution in [0.25, 0.3) is 0 Å². The number of aliphatic hydroxyl groups is 1. The Bertz CT molecular complexity index is 1230. The fraction of sp³-hybridized carbons (Fsp3) is 0.381. The molecule has 2 aliphatic rings. The van der Waals surface area contributed by atoms with Crippen molar-refractivity contribution in [3.8, 4) is 5.75 Å². The zero-order chi connectivity index (χ0) is 23.5. The Kier molecular flexibility index (Phi) is 5.04. The van der Waals surface area contributed by atoms with Gasteiger partial charge in [0.2, 0.25) is 5.43 Å². The number of amides is 2. The summed E-state index contributed by atoms with van der Waals surface area (Å²) in [5.41, 5.74) is -3.91. The summed E-state index contributed by atoms with van der Waals surface area (Å²) in [6.07, 6.45) is -0.792. The second kappa shape index (κ2) is 7.37. The standard InChI is InChI=1S/C21H20F3N3O5/c1-3-21-6-12(28)15-13(17(29)18(30)16(27(15)21)20(32)26(2)8-21)19(31)25-7-9-10(22)4-5-11(23)14(9)24/h4-5,12,28,30H,3,6-8H2,1-2H3,(H,25,31). The number of hydrogen-bond donors (Lipinski definition) is 3. The summed E-state index contributed by atoms with van der Waals surface area (Å²) in [6.45, 7) is 1.20. The summed E-state index contributed by atoms with van der Waals surface area (Å²) in [4.78, 5) is 39.8. The van der Waals surface area contributed by atoms with E-state index in [4.69, 9.17) is 0 Å². The van der Waals surface area contributed by atoms with Crippen molar-refractivity contribution >= 4 is 11.8 Å². The molecule has 3 N–H and O–H groups in total. The Morgan fingerprint density at radius 3 is 2.56 bits per heavy atom. The zero-order valence-electron chi connectivity index (χ0n) is 17.2. The molecule has 4 rings (SSSR count). The number of pyridine rings is 1. The van der Waals surface area contributed by atoms with Crippen molar-refractivity contribution in [3.63, 3.8) is 0 Å². The van der Waals surface area contributed by atoms with Gasteiger partial charge in [-0.2, -0.15) is 0 Å². The SMILES string of the molecule is CCC12CC(O)c3c(C(=O)NCc4c(F)ccc(F)c4F)c(=O)c(O)c(n31)C(=O)N(C)C2. The molecule has 170 valence electrons. The van der Waals surface area contributed by atoms with E-state index in [0.29, 0.717) is 18.6 Å². The van der Waals surface area contributed by atoms with Crippen LogP contribution in [0.2, 0.25) is 0 Å². The van der Waals surface area contributed by atoms with Gasteiger partial charge in [-0.1, -0.05) is 6.92 Å². The number of aromatic nitrogens is 1. The normalized spacial score (nSPS) is 21.6. The molecule has 3 heterocycles. The largest absolute Gasteiger partial charge is 0.503 e. The number of nitrogens with one attached hydrogen (secondary N) is 1. The monoisotopic (exact) mass is 451 g/mol. The molecule has 0 spiro atoms. The topological polar surface area (TPSA) is 112 Å². The van der Waals surface area contributed by atoms with Gasteiger partial charge in [0.25, 0.3) is 11.8 Å². The first-order valence-electron chi connectivity index (χ1n) is 9.90.